The van der Waals surface area contributed by atoms with Gasteiger partial charge < -0.3 is 0 Å². The second-order valence-corrected chi connectivity index (χ2v) is 3.47. The van der Waals surface area contributed by atoms with E-state index in [-0.39, 0.29) is 0 Å². The van der Waals surface area contributed by atoms with Gasteiger partial charge in [-0.2, -0.15) is 35.1 Å². The fourth-order valence-electron chi connectivity index (χ4n) is 0.509. The van der Waals surface area contributed by atoms with Crippen LogP contribution in [0.1, 0.15) is 2.74 Å². The van der Waals surface area contributed by atoms with Crippen LogP contribution in [0.2, 0.25) is 0 Å². The number of hydrogen-bond donors (Lipinski definition) is 0. The zero-order valence-corrected chi connectivity index (χ0v) is 9.46. The van der Waals surface area contributed by atoms with Gasteiger partial charge in [-0.15, -0.1) is 0 Å². The maximum atomic E-state index is 12.7. The molecule has 0 aromatic rings. The Kier molecular flexibility index (Phi) is 4.26. The summed E-state index contributed by atoms with van der Waals surface area (Å²) in [5.74, 6) is -13.1. The van der Waals surface area contributed by atoms with Gasteiger partial charge in [0.2, 0.25) is 11.2 Å². The Hall–Kier alpha value is -0.160. The summed E-state index contributed by atoms with van der Waals surface area (Å²) in [6.07, 6.45) is -13.6. The molecular weight excluding hydrogens is 349 g/mol. The van der Waals surface area contributed by atoms with Gasteiger partial charge in [0.05, 0.1) is 2.74 Å². The summed E-state index contributed by atoms with van der Waals surface area (Å²) in [4.78, 5) is 0. The molecule has 0 aliphatic carbocycles. The smallest absolute Gasteiger partial charge is 0.245 e. The Labute approximate surface area is 111 Å². The standard InChI is InChI=1S/C6H2Cl2F10O/c7-1(9)3(11,12)5(15,16)19-6(17,18)4(13,14)2(8)10/h1-2H/i1D,2D. The summed E-state index contributed by atoms with van der Waals surface area (Å²) in [6, 6.07) is 0. The van der Waals surface area contributed by atoms with E-state index in [2.05, 4.69) is 23.2 Å². The first-order chi connectivity index (χ1) is 8.71. The normalized spacial score (nSPS) is 23.2. The van der Waals surface area contributed by atoms with Crippen molar-refractivity contribution in [2.24, 2.45) is 0 Å². The van der Waals surface area contributed by atoms with Crippen molar-refractivity contribution in [3.8, 4) is 0 Å². The number of hydrogen-bond acceptors (Lipinski definition) is 1. The average molecular weight is 353 g/mol. The molecule has 0 fully saturated rings. The van der Waals surface area contributed by atoms with Crippen molar-refractivity contribution >= 4 is 23.2 Å². The first-order valence-corrected chi connectivity index (χ1v) is 4.43. The molecule has 1 nitrogen and oxygen atoms in total. The minimum atomic E-state index is -6.78. The molecule has 13 heteroatoms. The summed E-state index contributed by atoms with van der Waals surface area (Å²) >= 11 is 7.73. The maximum Gasteiger partial charge on any atom is 0.428 e. The molecule has 0 saturated carbocycles. The van der Waals surface area contributed by atoms with Crippen molar-refractivity contribution < 1.29 is 51.4 Å². The topological polar surface area (TPSA) is 9.23 Å². The van der Waals surface area contributed by atoms with Gasteiger partial charge in [-0.25, -0.2) is 13.5 Å². The predicted octanol–water partition coefficient (Wildman–Crippen LogP) is 4.53. The molecule has 0 radical (unpaired) electrons. The van der Waals surface area contributed by atoms with E-state index >= 15 is 0 Å². The Morgan fingerprint density at radius 2 is 0.947 bits per heavy atom. The van der Waals surface area contributed by atoms with Gasteiger partial charge in [0.25, 0.3) is 0 Å². The SMILES string of the molecule is [2H]C(F)(Cl)C(F)(F)C(F)(F)OC(F)(F)C(F)(F)C([2H])(F)Cl. The fourth-order valence-corrected chi connectivity index (χ4v) is 0.729. The van der Waals surface area contributed by atoms with Gasteiger partial charge in [-0.05, 0) is 0 Å². The van der Waals surface area contributed by atoms with E-state index in [1.165, 1.54) is 0 Å². The van der Waals surface area contributed by atoms with Crippen molar-refractivity contribution in [1.82, 2.24) is 0 Å². The molecule has 0 aromatic carbocycles. The molecule has 0 heterocycles. The van der Waals surface area contributed by atoms with Crippen LogP contribution >= 0.6 is 23.2 Å². The second kappa shape index (κ2) is 5.32. The Morgan fingerprint density at radius 3 is 1.11 bits per heavy atom. The van der Waals surface area contributed by atoms with Crippen molar-refractivity contribution in [1.29, 1.82) is 0 Å². The molecule has 2 atom stereocenters. The van der Waals surface area contributed by atoms with Crippen LogP contribution in [0.15, 0.2) is 0 Å². The van der Waals surface area contributed by atoms with E-state index in [4.69, 9.17) is 2.74 Å². The molecule has 0 bridgehead atoms. The average Bonchev–Trinajstić information content (AvgIpc) is 2.11. The highest BCUT2D eigenvalue weighted by Crippen LogP contribution is 2.49. The Bertz CT molecular complexity index is 354. The summed E-state index contributed by atoms with van der Waals surface area (Å²) in [6.45, 7) is 0. The Morgan fingerprint density at radius 1 is 0.737 bits per heavy atom. The van der Waals surface area contributed by atoms with E-state index in [1.807, 2.05) is 0 Å². The van der Waals surface area contributed by atoms with E-state index < -0.39 is 35.3 Å². The number of rotatable bonds is 6. The van der Waals surface area contributed by atoms with Crippen molar-refractivity contribution in [3.63, 3.8) is 0 Å². The van der Waals surface area contributed by atoms with Crippen LogP contribution in [0, 0.1) is 0 Å². The molecule has 0 aliphatic heterocycles. The summed E-state index contributed by atoms with van der Waals surface area (Å²) in [5, 5.41) is 0. The summed E-state index contributed by atoms with van der Waals surface area (Å²) < 4.78 is 139. The lowest BCUT2D eigenvalue weighted by molar-refractivity contribution is -0.472. The molecule has 0 saturated heterocycles. The van der Waals surface area contributed by atoms with Crippen LogP contribution in [-0.2, 0) is 4.74 Å². The first kappa shape index (κ1) is 15.2. The number of alkyl halides is 12. The molecule has 0 aromatic heterocycles. The zero-order chi connectivity index (χ0) is 17.7. The second-order valence-electron chi connectivity index (χ2n) is 2.81. The highest BCUT2D eigenvalue weighted by Gasteiger charge is 2.73. The summed E-state index contributed by atoms with van der Waals surface area (Å²) in [7, 11) is 0. The summed E-state index contributed by atoms with van der Waals surface area (Å²) in [5.41, 5.74) is -10.9. The molecule has 19 heavy (non-hydrogen) atoms. The van der Waals surface area contributed by atoms with E-state index in [9.17, 15) is 43.9 Å². The molecule has 0 rings (SSSR count). The molecule has 2 unspecified atom stereocenters. The van der Waals surface area contributed by atoms with Gasteiger partial charge in [0.15, 0.2) is 0 Å². The number of ether oxygens (including phenoxy) is 1. The third-order valence-corrected chi connectivity index (χ3v) is 1.94. The Balaban J connectivity index is 5.65. The minimum absolute atomic E-state index is 1.75. The maximum absolute atomic E-state index is 12.7. The molecule has 0 aliphatic rings. The van der Waals surface area contributed by atoms with E-state index in [0.29, 0.717) is 0 Å². The van der Waals surface area contributed by atoms with Crippen LogP contribution in [0.4, 0.5) is 43.9 Å². The van der Waals surface area contributed by atoms with Gasteiger partial charge in [-0.1, -0.05) is 23.2 Å². The van der Waals surface area contributed by atoms with Gasteiger partial charge in [-0.3, -0.25) is 0 Å². The van der Waals surface area contributed by atoms with E-state index in [1.54, 1.807) is 4.74 Å². The van der Waals surface area contributed by atoms with Gasteiger partial charge in [0, 0.05) is 0 Å². The third-order valence-electron chi connectivity index (χ3n) is 1.46. The molecule has 0 N–H and O–H groups in total. The largest absolute Gasteiger partial charge is 0.428 e. The lowest BCUT2D eigenvalue weighted by Gasteiger charge is -2.32. The van der Waals surface area contributed by atoms with Crippen LogP contribution in [0.3, 0.4) is 0 Å². The zero-order valence-electron chi connectivity index (χ0n) is 9.94. The lowest BCUT2D eigenvalue weighted by Crippen LogP contribution is -2.57. The van der Waals surface area contributed by atoms with Crippen LogP contribution in [0.5, 0.6) is 0 Å². The molecule has 116 valence electrons. The van der Waals surface area contributed by atoms with Crippen LogP contribution in [0.25, 0.3) is 0 Å². The first-order valence-electron chi connectivity index (χ1n) is 4.68. The predicted molar refractivity (Wildman–Crippen MR) is 42.4 cm³/mol. The van der Waals surface area contributed by atoms with Crippen molar-refractivity contribution in [3.05, 3.63) is 0 Å². The number of halogens is 12. The highest BCUT2D eigenvalue weighted by atomic mass is 35.5. The van der Waals surface area contributed by atoms with Gasteiger partial charge in [0.1, 0.15) is 0 Å². The molecule has 0 spiro atoms. The third kappa shape index (κ3) is 3.48. The van der Waals surface area contributed by atoms with Crippen LogP contribution in [-0.4, -0.2) is 35.3 Å². The lowest BCUT2D eigenvalue weighted by atomic mass is 10.3. The van der Waals surface area contributed by atoms with Crippen molar-refractivity contribution in [2.45, 2.75) is 35.3 Å². The quantitative estimate of drug-likeness (QED) is 0.504. The van der Waals surface area contributed by atoms with Crippen molar-refractivity contribution in [2.75, 3.05) is 0 Å². The van der Waals surface area contributed by atoms with Gasteiger partial charge >= 0.3 is 24.1 Å². The minimum Gasteiger partial charge on any atom is -0.245 e. The highest BCUT2D eigenvalue weighted by molar-refractivity contribution is 6.20. The monoisotopic (exact) mass is 352 g/mol. The molecular formula is C6H2Cl2F10O. The molecule has 0 amide bonds. The fraction of sp³-hybridized carbons (Fsp3) is 1.00. The van der Waals surface area contributed by atoms with E-state index in [0.717, 1.165) is 0 Å². The van der Waals surface area contributed by atoms with Crippen LogP contribution < -0.4 is 0 Å².